The predicted octanol–water partition coefficient (Wildman–Crippen LogP) is 2.27. The molecule has 0 saturated heterocycles. The molecule has 0 aromatic heterocycles. The number of nitrogens with one attached hydrogen (secondary N) is 1. The summed E-state index contributed by atoms with van der Waals surface area (Å²) in [5.41, 5.74) is 1.05. The van der Waals surface area contributed by atoms with Crippen molar-refractivity contribution in [3.05, 3.63) is 45.7 Å². The van der Waals surface area contributed by atoms with Crippen LogP contribution in [0.3, 0.4) is 0 Å². The summed E-state index contributed by atoms with van der Waals surface area (Å²) in [6.07, 6.45) is 2.97. The molecule has 1 aromatic carbocycles. The van der Waals surface area contributed by atoms with Gasteiger partial charge in [0.2, 0.25) is 0 Å². The first-order chi connectivity index (χ1) is 12.0. The fraction of sp³-hybridized carbons (Fsp3) is 0.294. The van der Waals surface area contributed by atoms with E-state index in [2.05, 4.69) is 21.2 Å². The van der Waals surface area contributed by atoms with E-state index in [4.69, 9.17) is 18.9 Å². The quantitative estimate of drug-likeness (QED) is 0.743. The Hall–Kier alpha value is -2.48. The third kappa shape index (κ3) is 3.63. The van der Waals surface area contributed by atoms with E-state index in [0.29, 0.717) is 21.5 Å². The molecule has 7 nitrogen and oxygen atoms in total. The van der Waals surface area contributed by atoms with E-state index in [1.54, 1.807) is 12.1 Å². The van der Waals surface area contributed by atoms with Gasteiger partial charge in [0, 0.05) is 18.0 Å². The van der Waals surface area contributed by atoms with Gasteiger partial charge in [-0.3, -0.25) is 0 Å². The molecule has 0 aliphatic carbocycles. The molecule has 0 bridgehead atoms. The maximum absolute atomic E-state index is 12.2. The zero-order valence-corrected chi connectivity index (χ0v) is 15.8. The summed E-state index contributed by atoms with van der Waals surface area (Å²) < 4.78 is 21.1. The van der Waals surface area contributed by atoms with Crippen molar-refractivity contribution in [3.8, 4) is 11.5 Å². The van der Waals surface area contributed by atoms with Crippen molar-refractivity contribution in [1.82, 2.24) is 5.32 Å². The van der Waals surface area contributed by atoms with Gasteiger partial charge in [0.15, 0.2) is 0 Å². The summed E-state index contributed by atoms with van der Waals surface area (Å²) in [4.78, 5) is 24.5. The zero-order chi connectivity index (χ0) is 18.6. The third-order valence-electron chi connectivity index (χ3n) is 3.76. The van der Waals surface area contributed by atoms with Crippen LogP contribution in [0.4, 0.5) is 0 Å². The number of carbonyl (C=O) groups excluding carboxylic acids is 2. The number of rotatable bonds is 5. The lowest BCUT2D eigenvalue weighted by atomic mass is 9.83. The van der Waals surface area contributed by atoms with Gasteiger partial charge in [0.1, 0.15) is 11.5 Å². The minimum atomic E-state index is -0.738. The summed E-state index contributed by atoms with van der Waals surface area (Å²) >= 11 is 3.39. The molecule has 8 heteroatoms. The molecule has 0 radical (unpaired) electrons. The predicted molar refractivity (Wildman–Crippen MR) is 93.3 cm³/mol. The Kier molecular flexibility index (Phi) is 6.08. The molecule has 0 spiro atoms. The smallest absolute Gasteiger partial charge is 0.336 e. The van der Waals surface area contributed by atoms with Crippen molar-refractivity contribution < 1.29 is 28.5 Å². The Bertz CT molecular complexity index is 724. The van der Waals surface area contributed by atoms with E-state index in [1.165, 1.54) is 40.8 Å². The molecular formula is C17H18BrNO6. The first kappa shape index (κ1) is 18.9. The second-order valence-corrected chi connectivity index (χ2v) is 5.87. The van der Waals surface area contributed by atoms with Crippen LogP contribution in [0.2, 0.25) is 0 Å². The molecule has 1 aliphatic heterocycles. The van der Waals surface area contributed by atoms with Crippen LogP contribution in [0.1, 0.15) is 11.5 Å². The molecule has 0 unspecified atom stereocenters. The van der Waals surface area contributed by atoms with Gasteiger partial charge in [0.25, 0.3) is 0 Å². The van der Waals surface area contributed by atoms with Crippen LogP contribution in [0.25, 0.3) is 0 Å². The molecule has 134 valence electrons. The number of hydrogen-bond acceptors (Lipinski definition) is 7. The van der Waals surface area contributed by atoms with Crippen LogP contribution in [-0.2, 0) is 19.1 Å². The topological polar surface area (TPSA) is 83.1 Å². The lowest BCUT2D eigenvalue weighted by molar-refractivity contribution is -0.137. The monoisotopic (exact) mass is 411 g/mol. The van der Waals surface area contributed by atoms with Crippen molar-refractivity contribution in [2.45, 2.75) is 5.92 Å². The van der Waals surface area contributed by atoms with E-state index in [9.17, 15) is 9.59 Å². The van der Waals surface area contributed by atoms with Gasteiger partial charge in [-0.1, -0.05) is 0 Å². The highest BCUT2D eigenvalue weighted by molar-refractivity contribution is 9.10. The Morgan fingerprint density at radius 1 is 0.920 bits per heavy atom. The zero-order valence-electron chi connectivity index (χ0n) is 14.2. The molecule has 1 aromatic rings. The molecule has 0 fully saturated rings. The number of methoxy groups -OCH3 is 4. The third-order valence-corrected chi connectivity index (χ3v) is 4.38. The Morgan fingerprint density at radius 2 is 1.44 bits per heavy atom. The van der Waals surface area contributed by atoms with Crippen LogP contribution >= 0.6 is 15.9 Å². The van der Waals surface area contributed by atoms with Crippen LogP contribution in [-0.4, -0.2) is 40.4 Å². The molecule has 25 heavy (non-hydrogen) atoms. The van der Waals surface area contributed by atoms with Crippen molar-refractivity contribution in [1.29, 1.82) is 0 Å². The number of dihydropyridines is 1. The molecule has 2 rings (SSSR count). The van der Waals surface area contributed by atoms with E-state index >= 15 is 0 Å². The van der Waals surface area contributed by atoms with Crippen molar-refractivity contribution >= 4 is 27.9 Å². The van der Waals surface area contributed by atoms with E-state index < -0.39 is 17.9 Å². The largest absolute Gasteiger partial charge is 0.496 e. The second kappa shape index (κ2) is 8.06. The summed E-state index contributed by atoms with van der Waals surface area (Å²) in [6.45, 7) is 0. The molecule has 0 amide bonds. The van der Waals surface area contributed by atoms with Gasteiger partial charge in [-0.05, 0) is 28.1 Å². The molecule has 0 saturated carbocycles. The van der Waals surface area contributed by atoms with E-state index in [1.807, 2.05) is 0 Å². The number of halogens is 1. The lowest BCUT2D eigenvalue weighted by Gasteiger charge is -2.26. The van der Waals surface area contributed by atoms with Gasteiger partial charge >= 0.3 is 11.9 Å². The molecular weight excluding hydrogens is 394 g/mol. The van der Waals surface area contributed by atoms with Crippen LogP contribution in [0.5, 0.6) is 11.5 Å². The second-order valence-electron chi connectivity index (χ2n) is 5.01. The van der Waals surface area contributed by atoms with Crippen molar-refractivity contribution in [2.75, 3.05) is 28.4 Å². The van der Waals surface area contributed by atoms with E-state index in [-0.39, 0.29) is 11.1 Å². The molecule has 1 N–H and O–H groups in total. The Morgan fingerprint density at radius 3 is 1.88 bits per heavy atom. The van der Waals surface area contributed by atoms with Gasteiger partial charge in [-0.25, -0.2) is 9.59 Å². The first-order valence-electron chi connectivity index (χ1n) is 7.22. The summed E-state index contributed by atoms with van der Waals surface area (Å²) in [5, 5.41) is 2.79. The fourth-order valence-corrected chi connectivity index (χ4v) is 3.07. The maximum Gasteiger partial charge on any atom is 0.336 e. The average molecular weight is 412 g/mol. The first-order valence-corrected chi connectivity index (χ1v) is 8.02. The average Bonchev–Trinajstić information content (AvgIpc) is 2.65. The van der Waals surface area contributed by atoms with Gasteiger partial charge in [-0.15, -0.1) is 0 Å². The van der Waals surface area contributed by atoms with E-state index in [0.717, 1.165) is 0 Å². The maximum atomic E-state index is 12.2. The number of benzene rings is 1. The highest BCUT2D eigenvalue weighted by Gasteiger charge is 2.35. The normalized spacial score (nSPS) is 14.0. The Balaban J connectivity index is 2.69. The summed E-state index contributed by atoms with van der Waals surface area (Å²) in [7, 11) is 5.57. The van der Waals surface area contributed by atoms with Gasteiger partial charge < -0.3 is 24.3 Å². The summed E-state index contributed by atoms with van der Waals surface area (Å²) in [5.74, 6) is -0.878. The number of esters is 2. The molecule has 1 heterocycles. The number of hydrogen-bond donors (Lipinski definition) is 1. The highest BCUT2D eigenvalue weighted by atomic mass is 79.9. The fourth-order valence-electron chi connectivity index (χ4n) is 2.59. The highest BCUT2D eigenvalue weighted by Crippen LogP contribution is 2.43. The van der Waals surface area contributed by atoms with Crippen molar-refractivity contribution in [3.63, 3.8) is 0 Å². The standard InChI is InChI=1S/C17H18BrNO6/c1-22-13-6-12(18)14(23-2)5-9(13)15-10(16(20)24-3)7-19-8-11(15)17(21)25-4/h5-8,15,19H,1-4H3. The van der Waals surface area contributed by atoms with Gasteiger partial charge in [0.05, 0.1) is 50.0 Å². The summed E-state index contributed by atoms with van der Waals surface area (Å²) in [6, 6.07) is 3.41. The molecule has 0 atom stereocenters. The number of carbonyl (C=O) groups is 2. The minimum Gasteiger partial charge on any atom is -0.496 e. The van der Waals surface area contributed by atoms with Crippen LogP contribution in [0, 0.1) is 0 Å². The molecule has 1 aliphatic rings. The van der Waals surface area contributed by atoms with Gasteiger partial charge in [-0.2, -0.15) is 0 Å². The lowest BCUT2D eigenvalue weighted by Crippen LogP contribution is -2.26. The minimum absolute atomic E-state index is 0.244. The number of ether oxygens (including phenoxy) is 4. The van der Waals surface area contributed by atoms with Crippen molar-refractivity contribution in [2.24, 2.45) is 0 Å². The van der Waals surface area contributed by atoms with Crippen LogP contribution in [0.15, 0.2) is 40.2 Å². The Labute approximate surface area is 153 Å². The SMILES string of the molecule is COC(=O)C1=CNC=C(C(=O)OC)C1c1cc(OC)c(Br)cc1OC. The van der Waals surface area contributed by atoms with Crippen LogP contribution < -0.4 is 14.8 Å².